The predicted molar refractivity (Wildman–Crippen MR) is 111 cm³/mol. The maximum atomic E-state index is 11.0. The topological polar surface area (TPSA) is 104 Å². The summed E-state index contributed by atoms with van der Waals surface area (Å²) in [5, 5.41) is 13.9. The third-order valence-corrected chi connectivity index (χ3v) is 6.55. The van der Waals surface area contributed by atoms with Crippen molar-refractivity contribution in [3.8, 4) is 0 Å². The van der Waals surface area contributed by atoms with Crippen LogP contribution in [0.25, 0.3) is 10.2 Å². The van der Waals surface area contributed by atoms with Crippen molar-refractivity contribution in [3.05, 3.63) is 46.9 Å². The first-order chi connectivity index (χ1) is 12.9. The summed E-state index contributed by atoms with van der Waals surface area (Å²) in [5.41, 5.74) is 7.68. The first-order valence-corrected chi connectivity index (χ1v) is 10.4. The summed E-state index contributed by atoms with van der Waals surface area (Å²) in [4.78, 5) is 20.1. The van der Waals surface area contributed by atoms with Gasteiger partial charge >= 0.3 is 5.69 Å². The fraction of sp³-hybridized carbons (Fsp3) is 0.333. The van der Waals surface area contributed by atoms with Gasteiger partial charge in [-0.1, -0.05) is 41.3 Å². The van der Waals surface area contributed by atoms with Crippen molar-refractivity contribution in [2.24, 2.45) is 10.7 Å². The van der Waals surface area contributed by atoms with Crippen LogP contribution in [0.1, 0.15) is 19.8 Å². The van der Waals surface area contributed by atoms with Gasteiger partial charge in [0.2, 0.25) is 0 Å². The number of benzene rings is 1. The Balaban J connectivity index is 1.57. The van der Waals surface area contributed by atoms with E-state index in [1.165, 1.54) is 16.9 Å². The fourth-order valence-corrected chi connectivity index (χ4v) is 5.17. The fourth-order valence-electron chi connectivity index (χ4n) is 3.29. The van der Waals surface area contributed by atoms with E-state index in [4.69, 9.17) is 10.9 Å². The molecule has 2 atom stereocenters. The summed E-state index contributed by atoms with van der Waals surface area (Å²) in [5.74, 6) is 0.969. The first-order valence-electron chi connectivity index (χ1n) is 8.63. The minimum Gasteiger partial charge on any atom is -0.379 e. The molecule has 2 heterocycles. The molecule has 1 aromatic heterocycles. The van der Waals surface area contributed by atoms with E-state index in [-0.39, 0.29) is 22.2 Å². The van der Waals surface area contributed by atoms with E-state index in [1.807, 2.05) is 0 Å². The molecule has 7 nitrogen and oxygen atoms in total. The number of fused-ring (bicyclic) bond motifs is 1. The van der Waals surface area contributed by atoms with Gasteiger partial charge in [0.15, 0.2) is 10.3 Å². The van der Waals surface area contributed by atoms with Crippen LogP contribution in [0.15, 0.2) is 47.0 Å². The number of nitrogens with one attached hydrogen (secondary N) is 1. The van der Waals surface area contributed by atoms with Crippen LogP contribution in [0.4, 0.5) is 10.8 Å². The van der Waals surface area contributed by atoms with Crippen LogP contribution in [0, 0.1) is 4.91 Å². The van der Waals surface area contributed by atoms with Crippen LogP contribution < -0.4 is 11.1 Å². The number of thiazole rings is 1. The van der Waals surface area contributed by atoms with E-state index >= 15 is 0 Å². The molecule has 140 valence electrons. The SMILES string of the molecule is CC1(C2=CC(Nc3nc4cc([N+](=O)O)ccc4s3)CC=C2)CCSC(N)=N1. The molecule has 0 fully saturated rings. The Bertz CT molecular complexity index is 997. The molecule has 0 saturated heterocycles. The van der Waals surface area contributed by atoms with Gasteiger partial charge in [-0.25, -0.2) is 10.2 Å². The van der Waals surface area contributed by atoms with Gasteiger partial charge in [0.25, 0.3) is 4.92 Å². The zero-order chi connectivity index (χ0) is 19.0. The molecule has 0 amide bonds. The molecule has 2 unspecified atom stereocenters. The highest BCUT2D eigenvalue weighted by Crippen LogP contribution is 2.35. The second kappa shape index (κ2) is 6.97. The molecule has 4 rings (SSSR count). The number of hydrogen-bond donors (Lipinski definition) is 3. The Labute approximate surface area is 164 Å². The van der Waals surface area contributed by atoms with Crippen LogP contribution in [0.2, 0.25) is 0 Å². The maximum Gasteiger partial charge on any atom is 0.318 e. The number of aromatic nitrogens is 1. The number of hydrogen-bond acceptors (Lipinski definition) is 7. The molecule has 0 bridgehead atoms. The van der Waals surface area contributed by atoms with Gasteiger partial charge in [-0.2, -0.15) is 0 Å². The summed E-state index contributed by atoms with van der Waals surface area (Å²) in [6.45, 7) is 2.13. The standard InChI is InChI=1S/C18H20N5O2S2/c1-18(7-8-26-16(19)22-18)11-3-2-4-12(9-11)20-17-21-14-10-13(23(24)25)5-6-15(14)27-17/h2-3,5-6,9-10,12H,4,7-8H2,1H3,(H2,19,22)(H,20,21)(H,24,25)/q+1. The number of nitrogens with two attached hydrogens (primary N) is 1. The number of aliphatic imine (C=N–C) groups is 1. The highest BCUT2D eigenvalue weighted by molar-refractivity contribution is 8.13. The van der Waals surface area contributed by atoms with Gasteiger partial charge in [0, 0.05) is 17.9 Å². The average Bonchev–Trinajstić information content (AvgIpc) is 3.03. The zero-order valence-electron chi connectivity index (χ0n) is 14.8. The monoisotopic (exact) mass is 402 g/mol. The molecule has 0 radical (unpaired) electrons. The minimum absolute atomic E-state index is 0.113. The van der Waals surface area contributed by atoms with E-state index in [9.17, 15) is 4.91 Å². The first kappa shape index (κ1) is 18.0. The number of amidine groups is 1. The van der Waals surface area contributed by atoms with Crippen LogP contribution in [-0.2, 0) is 0 Å². The third-order valence-electron chi connectivity index (χ3n) is 4.79. The molecule has 0 spiro atoms. The average molecular weight is 403 g/mol. The van der Waals surface area contributed by atoms with E-state index in [0.29, 0.717) is 10.7 Å². The Morgan fingerprint density at radius 2 is 2.30 bits per heavy atom. The Kier molecular flexibility index (Phi) is 4.65. The van der Waals surface area contributed by atoms with Crippen LogP contribution in [-0.4, -0.2) is 37.6 Å². The Hall–Kier alpha value is -2.39. The van der Waals surface area contributed by atoms with Gasteiger partial charge in [0.1, 0.15) is 0 Å². The normalized spacial score (nSPS) is 25.1. The molecule has 9 heteroatoms. The number of thioether (sulfide) groups is 1. The summed E-state index contributed by atoms with van der Waals surface area (Å²) in [7, 11) is 0. The second-order valence-corrected chi connectivity index (χ2v) is 8.92. The van der Waals surface area contributed by atoms with Gasteiger partial charge < -0.3 is 11.1 Å². The Morgan fingerprint density at radius 1 is 1.44 bits per heavy atom. The molecular weight excluding hydrogens is 382 g/mol. The van der Waals surface area contributed by atoms with E-state index in [2.05, 4.69) is 40.4 Å². The number of anilines is 1. The predicted octanol–water partition coefficient (Wildman–Crippen LogP) is 3.97. The van der Waals surface area contributed by atoms with Crippen molar-refractivity contribution in [2.45, 2.75) is 31.3 Å². The zero-order valence-corrected chi connectivity index (χ0v) is 16.4. The van der Waals surface area contributed by atoms with Gasteiger partial charge in [-0.3, -0.25) is 4.99 Å². The third kappa shape index (κ3) is 3.70. The van der Waals surface area contributed by atoms with Crippen molar-refractivity contribution in [3.63, 3.8) is 0 Å². The summed E-state index contributed by atoms with van der Waals surface area (Å²) in [6.07, 6.45) is 8.31. The molecule has 0 saturated carbocycles. The lowest BCUT2D eigenvalue weighted by atomic mass is 9.85. The highest BCUT2D eigenvalue weighted by atomic mass is 32.2. The summed E-state index contributed by atoms with van der Waals surface area (Å²) in [6, 6.07) is 5.05. The molecular formula is C18H20N5O2S2+. The molecule has 27 heavy (non-hydrogen) atoms. The van der Waals surface area contributed by atoms with Gasteiger partial charge in [0.05, 0.1) is 26.7 Å². The summed E-state index contributed by atoms with van der Waals surface area (Å²) >= 11 is 3.12. The van der Waals surface area contributed by atoms with Crippen LogP contribution in [0.3, 0.4) is 0 Å². The van der Waals surface area contributed by atoms with Gasteiger partial charge in [-0.15, -0.1) is 0 Å². The minimum atomic E-state index is -0.284. The van der Waals surface area contributed by atoms with Gasteiger partial charge in [-0.05, 0) is 31.4 Å². The maximum absolute atomic E-state index is 11.0. The quantitative estimate of drug-likeness (QED) is 0.669. The van der Waals surface area contributed by atoms with Crippen LogP contribution in [0.5, 0.6) is 0 Å². The number of rotatable bonds is 4. The smallest absolute Gasteiger partial charge is 0.318 e. The molecule has 1 aromatic carbocycles. The van der Waals surface area contributed by atoms with Crippen molar-refractivity contribution < 1.29 is 10.1 Å². The van der Waals surface area contributed by atoms with Crippen LogP contribution >= 0.6 is 23.1 Å². The van der Waals surface area contributed by atoms with E-state index in [0.717, 1.165) is 28.4 Å². The lowest BCUT2D eigenvalue weighted by Crippen LogP contribution is -2.34. The highest BCUT2D eigenvalue weighted by Gasteiger charge is 2.31. The largest absolute Gasteiger partial charge is 0.379 e. The van der Waals surface area contributed by atoms with Crippen molar-refractivity contribution in [1.29, 1.82) is 0 Å². The molecule has 1 aliphatic heterocycles. The Morgan fingerprint density at radius 3 is 3.07 bits per heavy atom. The second-order valence-electron chi connectivity index (χ2n) is 6.78. The number of nitrogens with zero attached hydrogens (tertiary/aromatic N) is 3. The summed E-state index contributed by atoms with van der Waals surface area (Å²) < 4.78 is 0.951. The lowest BCUT2D eigenvalue weighted by molar-refractivity contribution is -0.729. The molecule has 2 aromatic rings. The molecule has 4 N–H and O–H groups in total. The van der Waals surface area contributed by atoms with Crippen molar-refractivity contribution >= 4 is 49.3 Å². The van der Waals surface area contributed by atoms with Crippen molar-refractivity contribution in [2.75, 3.05) is 11.1 Å². The van der Waals surface area contributed by atoms with E-state index in [1.54, 1.807) is 30.0 Å². The van der Waals surface area contributed by atoms with Crippen molar-refractivity contribution in [1.82, 2.24) is 4.98 Å². The lowest BCUT2D eigenvalue weighted by Gasteiger charge is -2.33. The van der Waals surface area contributed by atoms with E-state index < -0.39 is 0 Å². The molecule has 2 aliphatic rings. The molecule has 1 aliphatic carbocycles.